The highest BCUT2D eigenvalue weighted by molar-refractivity contribution is 5.99. The summed E-state index contributed by atoms with van der Waals surface area (Å²) < 4.78 is 0. The Hall–Kier alpha value is -2.18. The van der Waals surface area contributed by atoms with E-state index >= 15 is 0 Å². The lowest BCUT2D eigenvalue weighted by Crippen LogP contribution is -2.39. The minimum Gasteiger partial charge on any atom is -0.372 e. The molecule has 21 heavy (non-hydrogen) atoms. The van der Waals surface area contributed by atoms with Gasteiger partial charge < -0.3 is 10.2 Å². The minimum absolute atomic E-state index is 0.0436. The summed E-state index contributed by atoms with van der Waals surface area (Å²) in [5.41, 5.74) is 0.0773. The fourth-order valence-electron chi connectivity index (χ4n) is 2.18. The van der Waals surface area contributed by atoms with E-state index in [-0.39, 0.29) is 23.2 Å². The molecule has 0 unspecified atom stereocenters. The van der Waals surface area contributed by atoms with E-state index in [1.54, 1.807) is 11.9 Å². The van der Waals surface area contributed by atoms with Gasteiger partial charge in [0.05, 0.1) is 10.5 Å². The predicted octanol–water partition coefficient (Wildman–Crippen LogP) is 2.29. The first-order valence-corrected chi connectivity index (χ1v) is 7.07. The van der Waals surface area contributed by atoms with Gasteiger partial charge in [0.1, 0.15) is 12.0 Å². The van der Waals surface area contributed by atoms with Crippen molar-refractivity contribution in [1.29, 1.82) is 0 Å². The number of carbonyl (C=O) groups excluding carboxylic acids is 1. The fourth-order valence-corrected chi connectivity index (χ4v) is 2.18. The average molecular weight is 292 g/mol. The minimum atomic E-state index is -0.538. The van der Waals surface area contributed by atoms with E-state index in [1.807, 2.05) is 13.8 Å². The Labute approximate surface area is 123 Å². The summed E-state index contributed by atoms with van der Waals surface area (Å²) in [6.07, 6.45) is 3.44. The Kier molecular flexibility index (Phi) is 4.40. The van der Waals surface area contributed by atoms with Crippen molar-refractivity contribution < 1.29 is 9.72 Å². The number of rotatable bonds is 6. The van der Waals surface area contributed by atoms with E-state index in [0.29, 0.717) is 18.3 Å². The number of nitro groups is 1. The Morgan fingerprint density at radius 1 is 1.57 bits per heavy atom. The first-order chi connectivity index (χ1) is 9.93. The summed E-state index contributed by atoms with van der Waals surface area (Å²) in [5, 5.41) is 13.7. The third-order valence-corrected chi connectivity index (χ3v) is 3.59. The summed E-state index contributed by atoms with van der Waals surface area (Å²) in [5.74, 6) is 0.713. The predicted molar refractivity (Wildman–Crippen MR) is 79.3 cm³/mol. The van der Waals surface area contributed by atoms with Crippen molar-refractivity contribution in [2.45, 2.75) is 32.7 Å². The second-order valence-electron chi connectivity index (χ2n) is 5.59. The Morgan fingerprint density at radius 3 is 2.71 bits per heavy atom. The molecule has 1 heterocycles. The van der Waals surface area contributed by atoms with Crippen LogP contribution in [0.5, 0.6) is 0 Å². The van der Waals surface area contributed by atoms with Gasteiger partial charge in [0, 0.05) is 25.7 Å². The van der Waals surface area contributed by atoms with Crippen molar-refractivity contribution in [3.8, 4) is 0 Å². The lowest BCUT2D eigenvalue weighted by molar-refractivity contribution is -0.385. The third-order valence-electron chi connectivity index (χ3n) is 3.59. The van der Waals surface area contributed by atoms with Crippen LogP contribution in [0.3, 0.4) is 0 Å². The molecule has 1 aromatic rings. The van der Waals surface area contributed by atoms with Gasteiger partial charge >= 0.3 is 0 Å². The maximum Gasteiger partial charge on any atom is 0.288 e. The number of anilines is 1. The monoisotopic (exact) mass is 292 g/mol. The van der Waals surface area contributed by atoms with E-state index in [0.717, 1.165) is 19.0 Å². The SMILES string of the molecule is CNc1ncc([N+](=O)[O-])cc1C(=O)N(CC1CC1)C(C)C. The maximum atomic E-state index is 12.7. The van der Waals surface area contributed by atoms with Crippen molar-refractivity contribution in [3.63, 3.8) is 0 Å². The smallest absolute Gasteiger partial charge is 0.288 e. The highest BCUT2D eigenvalue weighted by Gasteiger charge is 2.30. The van der Waals surface area contributed by atoms with E-state index < -0.39 is 4.92 Å². The first kappa shape index (κ1) is 15.2. The van der Waals surface area contributed by atoms with E-state index in [2.05, 4.69) is 10.3 Å². The van der Waals surface area contributed by atoms with E-state index in [9.17, 15) is 14.9 Å². The number of aromatic nitrogens is 1. The molecule has 2 rings (SSSR count). The van der Waals surface area contributed by atoms with E-state index in [4.69, 9.17) is 0 Å². The van der Waals surface area contributed by atoms with Crippen molar-refractivity contribution in [3.05, 3.63) is 27.9 Å². The summed E-state index contributed by atoms with van der Waals surface area (Å²) in [6, 6.07) is 1.34. The molecule has 1 fully saturated rings. The van der Waals surface area contributed by atoms with Crippen LogP contribution < -0.4 is 5.32 Å². The first-order valence-electron chi connectivity index (χ1n) is 7.07. The summed E-state index contributed by atoms with van der Waals surface area (Å²) in [7, 11) is 1.64. The van der Waals surface area contributed by atoms with Crippen molar-refractivity contribution in [2.24, 2.45) is 5.92 Å². The molecule has 7 heteroatoms. The second-order valence-corrected chi connectivity index (χ2v) is 5.59. The summed E-state index contributed by atoms with van der Waals surface area (Å²) >= 11 is 0. The molecule has 0 spiro atoms. The van der Waals surface area contributed by atoms with Crippen LogP contribution in [0.15, 0.2) is 12.3 Å². The van der Waals surface area contributed by atoms with Crippen LogP contribution >= 0.6 is 0 Å². The molecule has 114 valence electrons. The number of hydrogen-bond acceptors (Lipinski definition) is 5. The van der Waals surface area contributed by atoms with Gasteiger partial charge in [-0.05, 0) is 32.6 Å². The quantitative estimate of drug-likeness (QED) is 0.642. The van der Waals surface area contributed by atoms with Gasteiger partial charge in [-0.1, -0.05) is 0 Å². The molecular weight excluding hydrogens is 272 g/mol. The Morgan fingerprint density at radius 2 is 2.24 bits per heavy atom. The van der Waals surface area contributed by atoms with Crippen LogP contribution in [0, 0.1) is 16.0 Å². The molecule has 0 aliphatic heterocycles. The number of hydrogen-bond donors (Lipinski definition) is 1. The van der Waals surface area contributed by atoms with E-state index in [1.165, 1.54) is 6.07 Å². The van der Waals surface area contributed by atoms with Crippen molar-refractivity contribution in [2.75, 3.05) is 18.9 Å². The lowest BCUT2D eigenvalue weighted by Gasteiger charge is -2.27. The molecule has 1 saturated carbocycles. The third kappa shape index (κ3) is 3.48. The number of pyridine rings is 1. The van der Waals surface area contributed by atoms with Crippen LogP contribution in [0.4, 0.5) is 11.5 Å². The molecule has 1 amide bonds. The van der Waals surface area contributed by atoms with Gasteiger partial charge in [0.25, 0.3) is 11.6 Å². The van der Waals surface area contributed by atoms with Gasteiger partial charge in [0.15, 0.2) is 0 Å². The number of carbonyl (C=O) groups is 1. The second kappa shape index (κ2) is 6.07. The molecular formula is C14H20N4O3. The standard InChI is InChI=1S/C14H20N4O3/c1-9(2)17(8-10-4-5-10)14(19)12-6-11(18(20)21)7-16-13(12)15-3/h6-7,9-10H,4-5,8H2,1-3H3,(H,15,16). The van der Waals surface area contributed by atoms with Gasteiger partial charge in [-0.15, -0.1) is 0 Å². The largest absolute Gasteiger partial charge is 0.372 e. The van der Waals surface area contributed by atoms with Crippen molar-refractivity contribution in [1.82, 2.24) is 9.88 Å². The van der Waals surface area contributed by atoms with Crippen molar-refractivity contribution >= 4 is 17.4 Å². The number of nitrogens with one attached hydrogen (secondary N) is 1. The van der Waals surface area contributed by atoms with Gasteiger partial charge in [-0.2, -0.15) is 0 Å². The zero-order valence-electron chi connectivity index (χ0n) is 12.5. The molecule has 0 bridgehead atoms. The highest BCUT2D eigenvalue weighted by atomic mass is 16.6. The molecule has 0 saturated heterocycles. The zero-order chi connectivity index (χ0) is 15.6. The van der Waals surface area contributed by atoms with Gasteiger partial charge in [-0.25, -0.2) is 4.98 Å². The highest BCUT2D eigenvalue weighted by Crippen LogP contribution is 2.31. The average Bonchev–Trinajstić information content (AvgIpc) is 3.27. The zero-order valence-corrected chi connectivity index (χ0v) is 12.5. The molecule has 7 nitrogen and oxygen atoms in total. The summed E-state index contributed by atoms with van der Waals surface area (Å²) in [4.78, 5) is 28.8. The van der Waals surface area contributed by atoms with Crippen LogP contribution in [0.2, 0.25) is 0 Å². The Bertz CT molecular complexity index is 555. The maximum absolute atomic E-state index is 12.7. The van der Waals surface area contributed by atoms with Crippen LogP contribution in [0.1, 0.15) is 37.0 Å². The molecule has 0 atom stereocenters. The molecule has 0 aromatic carbocycles. The lowest BCUT2D eigenvalue weighted by atomic mass is 10.1. The molecule has 1 N–H and O–H groups in total. The van der Waals surface area contributed by atoms with Crippen LogP contribution in [0.25, 0.3) is 0 Å². The molecule has 1 aromatic heterocycles. The van der Waals surface area contributed by atoms with Gasteiger partial charge in [-0.3, -0.25) is 14.9 Å². The molecule has 1 aliphatic rings. The summed E-state index contributed by atoms with van der Waals surface area (Å²) in [6.45, 7) is 4.59. The van der Waals surface area contributed by atoms with Crippen LogP contribution in [-0.2, 0) is 0 Å². The Balaban J connectivity index is 2.34. The topological polar surface area (TPSA) is 88.4 Å². The number of nitrogens with zero attached hydrogens (tertiary/aromatic N) is 3. The molecule has 1 aliphatic carbocycles. The fraction of sp³-hybridized carbons (Fsp3) is 0.571. The van der Waals surface area contributed by atoms with Gasteiger partial charge in [0.2, 0.25) is 0 Å². The molecule has 0 radical (unpaired) electrons. The normalized spacial score (nSPS) is 14.1. The van der Waals surface area contributed by atoms with Crippen LogP contribution in [-0.4, -0.2) is 40.3 Å². The number of amides is 1.